The Morgan fingerprint density at radius 3 is 1.50 bits per heavy atom. The fourth-order valence-electron chi connectivity index (χ4n) is 4.01. The molecule has 6 nitrogen and oxygen atoms in total. The molecular formula is C26H24N6S2. The molecule has 0 saturated carbocycles. The monoisotopic (exact) mass is 484 g/mol. The molecule has 0 saturated heterocycles. The Labute approximate surface area is 209 Å². The zero-order valence-corrected chi connectivity index (χ0v) is 20.1. The van der Waals surface area contributed by atoms with Crippen molar-refractivity contribution in [3.63, 3.8) is 0 Å². The molecule has 0 atom stereocenters. The summed E-state index contributed by atoms with van der Waals surface area (Å²) < 4.78 is 0. The standard InChI is InChI=1S/C26H24N6S2/c27-23(33)17-1-3-20(4-2-17)26(34)32(21-9-5-18(6-10-21)24-28-13-14-29-24)22-11-7-19(8-12-22)25-30-15-16-31-25/h1-12H,13-16H2,(H2,27,33)(H,28,29)(H,30,31). The first-order valence-electron chi connectivity index (χ1n) is 11.1. The zero-order valence-electron chi connectivity index (χ0n) is 18.5. The van der Waals surface area contributed by atoms with Gasteiger partial charge in [0.05, 0.1) is 13.1 Å². The Hall–Kier alpha value is -3.62. The van der Waals surface area contributed by atoms with Crippen LogP contribution in [0.15, 0.2) is 82.8 Å². The summed E-state index contributed by atoms with van der Waals surface area (Å²) in [6.45, 7) is 3.37. The van der Waals surface area contributed by atoms with E-state index >= 15 is 0 Å². The molecule has 3 aromatic carbocycles. The lowest BCUT2D eigenvalue weighted by Gasteiger charge is -2.26. The van der Waals surface area contributed by atoms with E-state index in [1.807, 2.05) is 24.3 Å². The topological polar surface area (TPSA) is 78.0 Å². The third-order valence-corrected chi connectivity index (χ3v) is 6.42. The minimum atomic E-state index is 0.368. The molecule has 8 heteroatoms. The van der Waals surface area contributed by atoms with Crippen molar-refractivity contribution in [1.82, 2.24) is 10.6 Å². The highest BCUT2D eigenvalue weighted by atomic mass is 32.1. The molecule has 0 aromatic heterocycles. The number of thiocarbonyl (C=S) groups is 2. The first kappa shape index (κ1) is 22.2. The second kappa shape index (κ2) is 9.70. The average molecular weight is 485 g/mol. The highest BCUT2D eigenvalue weighted by Crippen LogP contribution is 2.29. The Kier molecular flexibility index (Phi) is 6.33. The van der Waals surface area contributed by atoms with E-state index in [0.29, 0.717) is 9.98 Å². The summed E-state index contributed by atoms with van der Waals surface area (Å²) in [5.74, 6) is 1.87. The Balaban J connectivity index is 1.50. The first-order valence-corrected chi connectivity index (χ1v) is 11.9. The second-order valence-corrected chi connectivity index (χ2v) is 8.82. The normalized spacial score (nSPS) is 14.6. The molecule has 170 valence electrons. The number of aliphatic imine (C=N–C) groups is 2. The van der Waals surface area contributed by atoms with E-state index < -0.39 is 0 Å². The molecule has 0 fully saturated rings. The van der Waals surface area contributed by atoms with Gasteiger partial charge in [-0.2, -0.15) is 0 Å². The predicted molar refractivity (Wildman–Crippen MR) is 148 cm³/mol. The maximum Gasteiger partial charge on any atom is 0.128 e. The zero-order chi connectivity index (χ0) is 23.5. The minimum absolute atomic E-state index is 0.368. The van der Waals surface area contributed by atoms with E-state index in [2.05, 4.69) is 74.0 Å². The van der Waals surface area contributed by atoms with Crippen molar-refractivity contribution in [2.45, 2.75) is 0 Å². The molecular weight excluding hydrogens is 460 g/mol. The van der Waals surface area contributed by atoms with Crippen LogP contribution in [-0.4, -0.2) is 47.8 Å². The lowest BCUT2D eigenvalue weighted by Crippen LogP contribution is -2.26. The number of hydrogen-bond donors (Lipinski definition) is 3. The molecule has 0 spiro atoms. The van der Waals surface area contributed by atoms with E-state index in [1.165, 1.54) is 0 Å². The van der Waals surface area contributed by atoms with Gasteiger partial charge in [0.25, 0.3) is 0 Å². The molecule has 0 unspecified atom stereocenters. The van der Waals surface area contributed by atoms with Crippen LogP contribution in [-0.2, 0) is 0 Å². The summed E-state index contributed by atoms with van der Waals surface area (Å²) in [4.78, 5) is 12.2. The van der Waals surface area contributed by atoms with Gasteiger partial charge in [0.15, 0.2) is 0 Å². The summed E-state index contributed by atoms with van der Waals surface area (Å²) in [5.41, 5.74) is 11.6. The van der Waals surface area contributed by atoms with E-state index in [0.717, 1.165) is 71.5 Å². The van der Waals surface area contributed by atoms with Crippen LogP contribution in [0.2, 0.25) is 0 Å². The summed E-state index contributed by atoms with van der Waals surface area (Å²) in [7, 11) is 0. The minimum Gasteiger partial charge on any atom is -0.389 e. The summed E-state index contributed by atoms with van der Waals surface area (Å²) in [5, 5.41) is 6.64. The number of nitrogens with two attached hydrogens (primary N) is 1. The number of anilines is 2. The highest BCUT2D eigenvalue weighted by molar-refractivity contribution is 7.81. The van der Waals surface area contributed by atoms with Gasteiger partial charge in [-0.3, -0.25) is 9.98 Å². The van der Waals surface area contributed by atoms with Crippen molar-refractivity contribution in [3.05, 3.63) is 95.1 Å². The highest BCUT2D eigenvalue weighted by Gasteiger charge is 2.18. The smallest absolute Gasteiger partial charge is 0.128 e. The van der Waals surface area contributed by atoms with Crippen LogP contribution in [0.4, 0.5) is 11.4 Å². The quantitative estimate of drug-likeness (QED) is 0.465. The van der Waals surface area contributed by atoms with Crippen molar-refractivity contribution in [3.8, 4) is 0 Å². The van der Waals surface area contributed by atoms with Gasteiger partial charge in [-0.1, -0.05) is 48.7 Å². The lowest BCUT2D eigenvalue weighted by atomic mass is 10.1. The fourth-order valence-corrected chi connectivity index (χ4v) is 4.49. The molecule has 2 aliphatic heterocycles. The molecule has 0 amide bonds. The molecule has 0 radical (unpaired) electrons. The van der Waals surface area contributed by atoms with Crippen molar-refractivity contribution >= 4 is 57.5 Å². The molecule has 0 aliphatic carbocycles. The van der Waals surface area contributed by atoms with Gasteiger partial charge in [-0.05, 0) is 48.5 Å². The Morgan fingerprint density at radius 2 is 1.12 bits per heavy atom. The van der Waals surface area contributed by atoms with Gasteiger partial charge in [0.1, 0.15) is 21.6 Å². The van der Waals surface area contributed by atoms with Gasteiger partial charge in [-0.25, -0.2) is 0 Å². The Bertz CT molecular complexity index is 1210. The molecule has 2 aliphatic rings. The average Bonchev–Trinajstić information content (AvgIpc) is 3.60. The summed E-state index contributed by atoms with van der Waals surface area (Å²) in [6, 6.07) is 24.3. The van der Waals surface area contributed by atoms with Crippen molar-refractivity contribution in [2.24, 2.45) is 15.7 Å². The predicted octanol–water partition coefficient (Wildman–Crippen LogP) is 3.53. The molecule has 34 heavy (non-hydrogen) atoms. The number of rotatable bonds is 6. The number of benzene rings is 3. The third-order valence-electron chi connectivity index (χ3n) is 5.77. The van der Waals surface area contributed by atoms with E-state index in [1.54, 1.807) is 0 Å². The lowest BCUT2D eigenvalue weighted by molar-refractivity contribution is 0.960. The van der Waals surface area contributed by atoms with Crippen LogP contribution in [0.3, 0.4) is 0 Å². The summed E-state index contributed by atoms with van der Waals surface area (Å²) >= 11 is 11.1. The maximum absolute atomic E-state index is 5.98. The number of hydrogen-bond acceptors (Lipinski definition) is 6. The second-order valence-electron chi connectivity index (χ2n) is 7.99. The van der Waals surface area contributed by atoms with Crippen LogP contribution in [0.5, 0.6) is 0 Å². The molecule has 3 aromatic rings. The van der Waals surface area contributed by atoms with Crippen molar-refractivity contribution in [2.75, 3.05) is 31.1 Å². The largest absolute Gasteiger partial charge is 0.389 e. The van der Waals surface area contributed by atoms with E-state index in [4.69, 9.17) is 30.2 Å². The van der Waals surface area contributed by atoms with Crippen LogP contribution in [0, 0.1) is 0 Å². The van der Waals surface area contributed by atoms with Crippen LogP contribution < -0.4 is 21.3 Å². The Morgan fingerprint density at radius 1 is 0.676 bits per heavy atom. The van der Waals surface area contributed by atoms with Gasteiger partial charge >= 0.3 is 0 Å². The van der Waals surface area contributed by atoms with Gasteiger partial charge in [0, 0.05) is 46.7 Å². The van der Waals surface area contributed by atoms with Crippen molar-refractivity contribution < 1.29 is 0 Å². The van der Waals surface area contributed by atoms with E-state index in [9.17, 15) is 0 Å². The van der Waals surface area contributed by atoms with E-state index in [-0.39, 0.29) is 0 Å². The maximum atomic E-state index is 5.98. The molecule has 2 heterocycles. The van der Waals surface area contributed by atoms with Crippen LogP contribution in [0.1, 0.15) is 22.3 Å². The first-order chi connectivity index (χ1) is 16.6. The molecule has 4 N–H and O–H groups in total. The molecule has 0 bridgehead atoms. The summed E-state index contributed by atoms with van der Waals surface area (Å²) in [6.07, 6.45) is 0. The number of amidine groups is 2. The third kappa shape index (κ3) is 4.55. The SMILES string of the molecule is NC(=S)c1ccc(C(=S)N(c2ccc(C3=NCCN3)cc2)c2ccc(C3=NCCN3)cc2)cc1. The van der Waals surface area contributed by atoms with Gasteiger partial charge in [-0.15, -0.1) is 0 Å². The molecule has 5 rings (SSSR count). The van der Waals surface area contributed by atoms with Gasteiger partial charge in [0.2, 0.25) is 0 Å². The van der Waals surface area contributed by atoms with Crippen LogP contribution >= 0.6 is 24.4 Å². The van der Waals surface area contributed by atoms with Crippen LogP contribution in [0.25, 0.3) is 0 Å². The van der Waals surface area contributed by atoms with Crippen molar-refractivity contribution in [1.29, 1.82) is 0 Å². The van der Waals surface area contributed by atoms with Gasteiger partial charge < -0.3 is 21.3 Å². The number of nitrogens with one attached hydrogen (secondary N) is 2. The number of nitrogens with zero attached hydrogens (tertiary/aromatic N) is 3. The fraction of sp³-hybridized carbons (Fsp3) is 0.154.